The van der Waals surface area contributed by atoms with Crippen molar-refractivity contribution in [2.45, 2.75) is 44.6 Å². The van der Waals surface area contributed by atoms with Crippen LogP contribution in [0.4, 0.5) is 0 Å². The number of carbonyl (C=O) groups is 3. The molecule has 6 nitrogen and oxygen atoms in total. The zero-order chi connectivity index (χ0) is 14.7. The van der Waals surface area contributed by atoms with Crippen LogP contribution in [0.2, 0.25) is 0 Å². The van der Waals surface area contributed by atoms with Crippen molar-refractivity contribution in [3.05, 3.63) is 0 Å². The van der Waals surface area contributed by atoms with Gasteiger partial charge in [0, 0.05) is 19.5 Å². The standard InChI is InChI=1S/C14H22N2O4/c1-15-12(17)11-6-3-7-16(11)13(18)9-4-2-5-10(8-9)14(19)20/h9-11H,2-8H2,1H3,(H,15,17)(H,19,20)/t9-,10-,11+/m1/s1. The van der Waals surface area contributed by atoms with E-state index >= 15 is 0 Å². The van der Waals surface area contributed by atoms with Crippen LogP contribution in [0.25, 0.3) is 0 Å². The number of aliphatic carboxylic acids is 1. The lowest BCUT2D eigenvalue weighted by Gasteiger charge is -2.31. The summed E-state index contributed by atoms with van der Waals surface area (Å²) >= 11 is 0. The zero-order valence-corrected chi connectivity index (χ0v) is 11.8. The van der Waals surface area contributed by atoms with E-state index in [0.717, 1.165) is 19.3 Å². The van der Waals surface area contributed by atoms with Crippen LogP contribution in [0, 0.1) is 11.8 Å². The minimum absolute atomic E-state index is 0.0398. The fourth-order valence-corrected chi connectivity index (χ4v) is 3.34. The second kappa shape index (κ2) is 6.24. The molecule has 1 saturated heterocycles. The van der Waals surface area contributed by atoms with Gasteiger partial charge in [0.1, 0.15) is 6.04 Å². The minimum Gasteiger partial charge on any atom is -0.481 e. The van der Waals surface area contributed by atoms with Gasteiger partial charge < -0.3 is 15.3 Å². The number of carbonyl (C=O) groups excluding carboxylic acids is 2. The predicted octanol–water partition coefficient (Wildman–Crippen LogP) is 0.614. The smallest absolute Gasteiger partial charge is 0.306 e. The van der Waals surface area contributed by atoms with Gasteiger partial charge in [0.05, 0.1) is 5.92 Å². The molecule has 2 aliphatic rings. The number of hydrogen-bond acceptors (Lipinski definition) is 3. The SMILES string of the molecule is CNC(=O)[C@@H]1CCCN1C(=O)[C@@H]1CCC[C@@H](C(=O)O)C1. The average molecular weight is 282 g/mol. The van der Waals surface area contributed by atoms with Crippen molar-refractivity contribution in [2.75, 3.05) is 13.6 Å². The van der Waals surface area contributed by atoms with Gasteiger partial charge in [-0.05, 0) is 32.1 Å². The Morgan fingerprint density at radius 2 is 1.80 bits per heavy atom. The number of carboxylic acid groups (broad SMARTS) is 1. The Balaban J connectivity index is 2.02. The van der Waals surface area contributed by atoms with E-state index in [1.54, 1.807) is 11.9 Å². The van der Waals surface area contributed by atoms with E-state index in [9.17, 15) is 14.4 Å². The highest BCUT2D eigenvalue weighted by Gasteiger charge is 2.39. The van der Waals surface area contributed by atoms with Crippen LogP contribution in [0.5, 0.6) is 0 Å². The van der Waals surface area contributed by atoms with Crippen molar-refractivity contribution in [3.63, 3.8) is 0 Å². The van der Waals surface area contributed by atoms with E-state index < -0.39 is 11.9 Å². The van der Waals surface area contributed by atoms with Crippen LogP contribution in [0.15, 0.2) is 0 Å². The molecule has 0 spiro atoms. The highest BCUT2D eigenvalue weighted by atomic mass is 16.4. The second-order valence-electron chi connectivity index (χ2n) is 5.70. The predicted molar refractivity (Wildman–Crippen MR) is 71.9 cm³/mol. The number of likely N-dealkylation sites (N-methyl/N-ethyl adjacent to an activating group) is 1. The van der Waals surface area contributed by atoms with Crippen LogP contribution in [0.3, 0.4) is 0 Å². The molecule has 2 rings (SSSR count). The lowest BCUT2D eigenvalue weighted by atomic mass is 9.80. The number of hydrogen-bond donors (Lipinski definition) is 2. The molecular weight excluding hydrogens is 260 g/mol. The number of carboxylic acids is 1. The van der Waals surface area contributed by atoms with Gasteiger partial charge in [-0.15, -0.1) is 0 Å². The third-order valence-corrected chi connectivity index (χ3v) is 4.46. The maximum atomic E-state index is 12.6. The third kappa shape index (κ3) is 2.94. The van der Waals surface area contributed by atoms with E-state index in [1.807, 2.05) is 0 Å². The minimum atomic E-state index is -0.813. The van der Waals surface area contributed by atoms with Gasteiger partial charge in [-0.1, -0.05) is 6.42 Å². The van der Waals surface area contributed by atoms with Crippen molar-refractivity contribution in [1.29, 1.82) is 0 Å². The highest BCUT2D eigenvalue weighted by Crippen LogP contribution is 2.32. The Kier molecular flexibility index (Phi) is 4.62. The summed E-state index contributed by atoms with van der Waals surface area (Å²) in [6.07, 6.45) is 4.09. The maximum absolute atomic E-state index is 12.6. The first kappa shape index (κ1) is 14.8. The summed E-state index contributed by atoms with van der Waals surface area (Å²) in [5.74, 6) is -1.64. The molecule has 1 saturated carbocycles. The summed E-state index contributed by atoms with van der Waals surface area (Å²) in [5, 5.41) is 11.7. The van der Waals surface area contributed by atoms with E-state index in [2.05, 4.69) is 5.32 Å². The van der Waals surface area contributed by atoms with Crippen molar-refractivity contribution < 1.29 is 19.5 Å². The Bertz CT molecular complexity index is 410. The summed E-state index contributed by atoms with van der Waals surface area (Å²) < 4.78 is 0. The molecule has 1 heterocycles. The molecule has 2 N–H and O–H groups in total. The Morgan fingerprint density at radius 3 is 2.45 bits per heavy atom. The zero-order valence-electron chi connectivity index (χ0n) is 11.8. The lowest BCUT2D eigenvalue weighted by molar-refractivity contribution is -0.147. The van der Waals surface area contributed by atoms with Crippen molar-refractivity contribution in [3.8, 4) is 0 Å². The van der Waals surface area contributed by atoms with Gasteiger partial charge in [0.15, 0.2) is 0 Å². The van der Waals surface area contributed by atoms with Crippen LogP contribution in [0.1, 0.15) is 38.5 Å². The van der Waals surface area contributed by atoms with Gasteiger partial charge >= 0.3 is 5.97 Å². The van der Waals surface area contributed by atoms with E-state index in [0.29, 0.717) is 25.8 Å². The molecule has 3 atom stereocenters. The Morgan fingerprint density at radius 1 is 1.10 bits per heavy atom. The van der Waals surface area contributed by atoms with Gasteiger partial charge in [0.2, 0.25) is 11.8 Å². The molecule has 0 radical (unpaired) electrons. The molecule has 1 aliphatic carbocycles. The van der Waals surface area contributed by atoms with Crippen LogP contribution in [-0.2, 0) is 14.4 Å². The largest absolute Gasteiger partial charge is 0.481 e. The fourth-order valence-electron chi connectivity index (χ4n) is 3.34. The van der Waals surface area contributed by atoms with Gasteiger partial charge in [0.25, 0.3) is 0 Å². The number of amides is 2. The maximum Gasteiger partial charge on any atom is 0.306 e. The topological polar surface area (TPSA) is 86.7 Å². The summed E-state index contributed by atoms with van der Waals surface area (Å²) in [5.41, 5.74) is 0. The Hall–Kier alpha value is -1.59. The van der Waals surface area contributed by atoms with Gasteiger partial charge in [-0.3, -0.25) is 14.4 Å². The molecule has 0 aromatic heterocycles. The monoisotopic (exact) mass is 282 g/mol. The molecule has 2 amide bonds. The summed E-state index contributed by atoms with van der Waals surface area (Å²) in [4.78, 5) is 37.1. The number of nitrogens with one attached hydrogen (secondary N) is 1. The van der Waals surface area contributed by atoms with Crippen molar-refractivity contribution >= 4 is 17.8 Å². The number of rotatable bonds is 3. The molecule has 0 bridgehead atoms. The molecule has 20 heavy (non-hydrogen) atoms. The van der Waals surface area contributed by atoms with E-state index in [-0.39, 0.29) is 23.8 Å². The van der Waals surface area contributed by atoms with Crippen LogP contribution >= 0.6 is 0 Å². The van der Waals surface area contributed by atoms with E-state index in [4.69, 9.17) is 5.11 Å². The number of nitrogens with zero attached hydrogens (tertiary/aromatic N) is 1. The lowest BCUT2D eigenvalue weighted by Crippen LogP contribution is -2.47. The van der Waals surface area contributed by atoms with Crippen molar-refractivity contribution in [2.24, 2.45) is 11.8 Å². The summed E-state index contributed by atoms with van der Waals surface area (Å²) in [6.45, 7) is 0.602. The fraction of sp³-hybridized carbons (Fsp3) is 0.786. The molecule has 0 unspecified atom stereocenters. The highest BCUT2D eigenvalue weighted by molar-refractivity contribution is 5.89. The van der Waals surface area contributed by atoms with Crippen LogP contribution < -0.4 is 5.32 Å². The normalized spacial score (nSPS) is 30.1. The molecule has 0 aromatic carbocycles. The molecular formula is C14H22N2O4. The molecule has 1 aliphatic heterocycles. The van der Waals surface area contributed by atoms with E-state index in [1.165, 1.54) is 0 Å². The van der Waals surface area contributed by atoms with Gasteiger partial charge in [-0.2, -0.15) is 0 Å². The third-order valence-electron chi connectivity index (χ3n) is 4.46. The quantitative estimate of drug-likeness (QED) is 0.794. The summed E-state index contributed by atoms with van der Waals surface area (Å²) in [6, 6.07) is -0.377. The molecule has 112 valence electrons. The van der Waals surface area contributed by atoms with Crippen LogP contribution in [-0.4, -0.2) is 47.4 Å². The second-order valence-corrected chi connectivity index (χ2v) is 5.70. The van der Waals surface area contributed by atoms with Crippen molar-refractivity contribution in [1.82, 2.24) is 10.2 Å². The molecule has 6 heteroatoms. The molecule has 0 aromatic rings. The Labute approximate surface area is 118 Å². The summed E-state index contributed by atoms with van der Waals surface area (Å²) in [7, 11) is 1.57. The first-order valence-corrected chi connectivity index (χ1v) is 7.29. The first-order chi connectivity index (χ1) is 9.54. The first-order valence-electron chi connectivity index (χ1n) is 7.29. The van der Waals surface area contributed by atoms with Gasteiger partial charge in [-0.25, -0.2) is 0 Å². The molecule has 2 fully saturated rings. The number of likely N-dealkylation sites (tertiary alicyclic amines) is 1. The average Bonchev–Trinajstić information content (AvgIpc) is 2.95.